The summed E-state index contributed by atoms with van der Waals surface area (Å²) in [4.78, 5) is 26.8. The molecule has 4 rings (SSSR count). The van der Waals surface area contributed by atoms with Gasteiger partial charge in [-0.15, -0.1) is 0 Å². The van der Waals surface area contributed by atoms with E-state index in [1.54, 1.807) is 50.6 Å². The van der Waals surface area contributed by atoms with Gasteiger partial charge in [0.25, 0.3) is 5.56 Å². The highest BCUT2D eigenvalue weighted by Gasteiger charge is 2.25. The molecule has 0 unspecified atom stereocenters. The Kier molecular flexibility index (Phi) is 7.35. The number of allylic oxidation sites excluding steroid dienone is 1. The van der Waals surface area contributed by atoms with Crippen molar-refractivity contribution in [2.24, 2.45) is 10.9 Å². The molecule has 0 saturated heterocycles. The van der Waals surface area contributed by atoms with E-state index >= 15 is 0 Å². The Bertz CT molecular complexity index is 1490. The molecular formula is C28H30ClFN4O3. The fourth-order valence-corrected chi connectivity index (χ4v) is 4.33. The minimum Gasteiger partial charge on any atom is -0.485 e. The summed E-state index contributed by atoms with van der Waals surface area (Å²) in [5.74, 6) is -0.381. The van der Waals surface area contributed by atoms with E-state index in [1.807, 2.05) is 26.0 Å². The molecule has 0 aromatic carbocycles. The largest absolute Gasteiger partial charge is 0.485 e. The first-order valence-electron chi connectivity index (χ1n) is 12.0. The molecule has 9 heteroatoms. The average Bonchev–Trinajstić information content (AvgIpc) is 2.82. The number of pyridine rings is 3. The molecule has 3 aromatic heterocycles. The van der Waals surface area contributed by atoms with E-state index in [0.29, 0.717) is 34.9 Å². The van der Waals surface area contributed by atoms with Gasteiger partial charge in [-0.1, -0.05) is 24.6 Å². The lowest BCUT2D eigenvalue weighted by Crippen LogP contribution is -2.29. The van der Waals surface area contributed by atoms with Crippen LogP contribution in [0.3, 0.4) is 0 Å². The number of aliphatic hydroxyl groups is 1. The predicted octanol–water partition coefficient (Wildman–Crippen LogP) is 5.14. The number of hydrogen-bond acceptors (Lipinski definition) is 6. The molecule has 0 saturated carbocycles. The van der Waals surface area contributed by atoms with Crippen molar-refractivity contribution in [3.63, 3.8) is 0 Å². The molecule has 1 aliphatic heterocycles. The molecule has 0 radical (unpaired) electrons. The molecule has 0 amide bonds. The highest BCUT2D eigenvalue weighted by Crippen LogP contribution is 2.29. The Hall–Kier alpha value is -3.36. The summed E-state index contributed by atoms with van der Waals surface area (Å²) in [5, 5.41) is 10.3. The summed E-state index contributed by atoms with van der Waals surface area (Å²) >= 11 is 6.45. The molecular weight excluding hydrogens is 495 g/mol. The van der Waals surface area contributed by atoms with E-state index in [4.69, 9.17) is 21.3 Å². The second-order valence-corrected chi connectivity index (χ2v) is 10.3. The first-order valence-corrected chi connectivity index (χ1v) is 12.4. The second kappa shape index (κ2) is 10.2. The van der Waals surface area contributed by atoms with Gasteiger partial charge in [-0.05, 0) is 64.0 Å². The number of ether oxygens (including phenoxy) is 1. The number of halogens is 2. The van der Waals surface area contributed by atoms with Crippen LogP contribution in [0.4, 0.5) is 4.39 Å². The predicted molar refractivity (Wildman–Crippen MR) is 143 cm³/mol. The topological polar surface area (TPSA) is 89.6 Å². The van der Waals surface area contributed by atoms with Crippen LogP contribution in [0.15, 0.2) is 46.3 Å². The van der Waals surface area contributed by atoms with Gasteiger partial charge in [-0.3, -0.25) is 19.3 Å². The molecule has 1 N–H and O–H groups in total. The van der Waals surface area contributed by atoms with Crippen LogP contribution in [0.1, 0.15) is 54.7 Å². The second-order valence-electron chi connectivity index (χ2n) is 9.95. The monoisotopic (exact) mass is 524 g/mol. The van der Waals surface area contributed by atoms with Crippen molar-refractivity contribution >= 4 is 23.0 Å². The van der Waals surface area contributed by atoms with Crippen LogP contribution in [-0.4, -0.2) is 31.9 Å². The number of dihydropyridines is 1. The quantitative estimate of drug-likeness (QED) is 0.482. The maximum atomic E-state index is 14.2. The average molecular weight is 525 g/mol. The van der Waals surface area contributed by atoms with Crippen molar-refractivity contribution in [1.29, 1.82) is 0 Å². The molecule has 0 spiro atoms. The maximum Gasteiger partial charge on any atom is 0.277 e. The molecule has 7 nitrogen and oxygen atoms in total. The standard InChI is InChI=1S/C28H30ClFN4O3/c1-15-9-19(30)21(31-12-15)14-37-23-10-18(4)34(27(35)25(23)29)22-11-20(32-13-17(22)3)26-16(2)7-8-24(33-26)28(5,6)36/h7-12,17,36H,13-14H2,1-6H3/t17-/m1/s1. The number of rotatable bonds is 6. The van der Waals surface area contributed by atoms with Crippen molar-refractivity contribution in [1.82, 2.24) is 14.5 Å². The van der Waals surface area contributed by atoms with E-state index in [-0.39, 0.29) is 29.0 Å². The van der Waals surface area contributed by atoms with Gasteiger partial charge >= 0.3 is 0 Å². The van der Waals surface area contributed by atoms with Crippen molar-refractivity contribution in [2.45, 2.75) is 53.8 Å². The fourth-order valence-electron chi connectivity index (χ4n) is 4.14. The third-order valence-electron chi connectivity index (χ3n) is 6.27. The lowest BCUT2D eigenvalue weighted by molar-refractivity contribution is 0.0738. The van der Waals surface area contributed by atoms with Crippen LogP contribution >= 0.6 is 11.6 Å². The summed E-state index contributed by atoms with van der Waals surface area (Å²) in [6.45, 7) is 11.1. The molecule has 3 aromatic rings. The lowest BCUT2D eigenvalue weighted by atomic mass is 9.98. The summed E-state index contributed by atoms with van der Waals surface area (Å²) in [6, 6.07) is 6.73. The first kappa shape index (κ1) is 26.7. The summed E-state index contributed by atoms with van der Waals surface area (Å²) in [6.07, 6.45) is 3.39. The smallest absolute Gasteiger partial charge is 0.277 e. The summed E-state index contributed by atoms with van der Waals surface area (Å²) in [5.41, 5.74) is 3.32. The van der Waals surface area contributed by atoms with Gasteiger partial charge in [0.05, 0.1) is 17.1 Å². The first-order chi connectivity index (χ1) is 17.4. The maximum absolute atomic E-state index is 14.2. The van der Waals surface area contributed by atoms with Crippen LogP contribution in [0, 0.1) is 32.5 Å². The van der Waals surface area contributed by atoms with Crippen LogP contribution in [-0.2, 0) is 12.2 Å². The molecule has 37 heavy (non-hydrogen) atoms. The van der Waals surface area contributed by atoms with E-state index in [1.165, 1.54) is 6.07 Å². The van der Waals surface area contributed by atoms with Crippen LogP contribution in [0.5, 0.6) is 5.75 Å². The van der Waals surface area contributed by atoms with Crippen molar-refractivity contribution in [3.8, 4) is 5.75 Å². The van der Waals surface area contributed by atoms with Crippen LogP contribution in [0.2, 0.25) is 5.02 Å². The Morgan fingerprint density at radius 1 is 1.24 bits per heavy atom. The highest BCUT2D eigenvalue weighted by atomic mass is 35.5. The van der Waals surface area contributed by atoms with E-state index in [0.717, 1.165) is 11.3 Å². The van der Waals surface area contributed by atoms with E-state index in [9.17, 15) is 14.3 Å². The molecule has 0 fully saturated rings. The SMILES string of the molecule is Cc1cnc(COc2cc(C)n(C3=CC(c4nc(C(C)(C)O)ccc4C)=NC[C@H]3C)c(=O)c2Cl)c(F)c1. The Balaban J connectivity index is 1.70. The van der Waals surface area contributed by atoms with Gasteiger partial charge in [0.1, 0.15) is 34.5 Å². The Morgan fingerprint density at radius 3 is 2.65 bits per heavy atom. The van der Waals surface area contributed by atoms with Crippen molar-refractivity contribution < 1.29 is 14.2 Å². The highest BCUT2D eigenvalue weighted by molar-refractivity contribution is 6.31. The molecule has 4 heterocycles. The van der Waals surface area contributed by atoms with Crippen molar-refractivity contribution in [3.05, 3.63) is 91.6 Å². The van der Waals surface area contributed by atoms with Gasteiger partial charge < -0.3 is 9.84 Å². The molecule has 194 valence electrons. The number of aliphatic imine (C=N–C) groups is 1. The number of nitrogens with zero attached hydrogens (tertiary/aromatic N) is 4. The van der Waals surface area contributed by atoms with Crippen LogP contribution < -0.4 is 10.3 Å². The minimum absolute atomic E-state index is 0.0633. The summed E-state index contributed by atoms with van der Waals surface area (Å²) in [7, 11) is 0. The fraction of sp³-hybridized carbons (Fsp3) is 0.357. The van der Waals surface area contributed by atoms with Gasteiger partial charge in [0.15, 0.2) is 0 Å². The zero-order valence-electron chi connectivity index (χ0n) is 21.8. The minimum atomic E-state index is -1.11. The normalized spacial score (nSPS) is 15.9. The van der Waals surface area contributed by atoms with Crippen LogP contribution in [0.25, 0.3) is 5.70 Å². The zero-order valence-corrected chi connectivity index (χ0v) is 22.5. The van der Waals surface area contributed by atoms with Gasteiger partial charge in [-0.2, -0.15) is 0 Å². The van der Waals surface area contributed by atoms with E-state index < -0.39 is 17.0 Å². The molecule has 0 bridgehead atoms. The molecule has 1 atom stereocenters. The lowest BCUT2D eigenvalue weighted by Gasteiger charge is -2.25. The zero-order chi connectivity index (χ0) is 27.1. The number of aryl methyl sites for hydroxylation is 3. The third kappa shape index (κ3) is 5.50. The molecule has 0 aliphatic carbocycles. The van der Waals surface area contributed by atoms with Crippen molar-refractivity contribution in [2.75, 3.05) is 6.54 Å². The van der Waals surface area contributed by atoms with E-state index in [2.05, 4.69) is 9.97 Å². The summed E-state index contributed by atoms with van der Waals surface area (Å²) < 4.78 is 21.4. The Labute approximate surface area is 220 Å². The van der Waals surface area contributed by atoms with Gasteiger partial charge in [0.2, 0.25) is 0 Å². The number of aromatic nitrogens is 3. The number of hydrogen-bond donors (Lipinski definition) is 1. The van der Waals surface area contributed by atoms with Gasteiger partial charge in [-0.25, -0.2) is 9.37 Å². The Morgan fingerprint density at radius 2 is 1.97 bits per heavy atom. The molecule has 1 aliphatic rings. The van der Waals surface area contributed by atoms with Gasteiger partial charge in [0, 0.05) is 36.1 Å². The third-order valence-corrected chi connectivity index (χ3v) is 6.62.